The van der Waals surface area contributed by atoms with Crippen molar-refractivity contribution >= 4 is 52.2 Å². The van der Waals surface area contributed by atoms with Crippen LogP contribution in [-0.4, -0.2) is 34.4 Å². The lowest BCUT2D eigenvalue weighted by molar-refractivity contribution is -0.118. The van der Waals surface area contributed by atoms with E-state index in [1.54, 1.807) is 24.3 Å². The fraction of sp³-hybridized carbons (Fsp3) is 0.200. The van der Waals surface area contributed by atoms with Crippen LogP contribution < -0.4 is 15.4 Å². The van der Waals surface area contributed by atoms with Gasteiger partial charge in [-0.1, -0.05) is 46.8 Å². The van der Waals surface area contributed by atoms with Gasteiger partial charge in [0.15, 0.2) is 4.34 Å². The van der Waals surface area contributed by atoms with Gasteiger partial charge in [0.05, 0.1) is 12.4 Å². The number of carbonyl (C=O) groups is 2. The number of rotatable bonds is 9. The van der Waals surface area contributed by atoms with Gasteiger partial charge in [0.2, 0.25) is 10.9 Å². The summed E-state index contributed by atoms with van der Waals surface area (Å²) in [5, 5.41) is 14.2. The summed E-state index contributed by atoms with van der Waals surface area (Å²) < 4.78 is 5.94. The van der Waals surface area contributed by atoms with Crippen LogP contribution in [0.15, 0.2) is 52.9 Å². The maximum Gasteiger partial charge on any atom is 0.286 e. The molecule has 156 valence electrons. The summed E-state index contributed by atoms with van der Waals surface area (Å²) in [6, 6.07) is 14.3. The average molecular weight is 463 g/mol. The fourth-order valence-electron chi connectivity index (χ4n) is 2.33. The first-order valence-electron chi connectivity index (χ1n) is 9.05. The summed E-state index contributed by atoms with van der Waals surface area (Å²) in [5.41, 5.74) is 1.59. The van der Waals surface area contributed by atoms with E-state index in [4.69, 9.17) is 16.3 Å². The Kier molecular flexibility index (Phi) is 8.06. The van der Waals surface area contributed by atoms with Crippen LogP contribution in [0.3, 0.4) is 0 Å². The Morgan fingerprint density at radius 3 is 2.53 bits per heavy atom. The molecule has 0 fully saturated rings. The van der Waals surface area contributed by atoms with Crippen LogP contribution in [-0.2, 0) is 11.3 Å². The van der Waals surface area contributed by atoms with Crippen LogP contribution in [0, 0.1) is 0 Å². The van der Waals surface area contributed by atoms with Crippen molar-refractivity contribution in [1.82, 2.24) is 15.5 Å². The van der Waals surface area contributed by atoms with Gasteiger partial charge in [-0.2, -0.15) is 0 Å². The zero-order chi connectivity index (χ0) is 21.3. The van der Waals surface area contributed by atoms with Gasteiger partial charge >= 0.3 is 0 Å². The largest absolute Gasteiger partial charge is 0.494 e. The minimum Gasteiger partial charge on any atom is -0.494 e. The predicted octanol–water partition coefficient (Wildman–Crippen LogP) is 4.25. The van der Waals surface area contributed by atoms with Crippen molar-refractivity contribution in [2.75, 3.05) is 17.7 Å². The summed E-state index contributed by atoms with van der Waals surface area (Å²) in [7, 11) is 0. The molecule has 2 amide bonds. The second kappa shape index (κ2) is 11.0. The number of ether oxygens (including phenoxy) is 1. The van der Waals surface area contributed by atoms with E-state index in [2.05, 4.69) is 20.8 Å². The van der Waals surface area contributed by atoms with E-state index in [0.717, 1.165) is 22.6 Å². The molecule has 30 heavy (non-hydrogen) atoms. The topological polar surface area (TPSA) is 93.2 Å². The number of anilines is 1. The number of amides is 2. The molecule has 0 unspecified atom stereocenters. The third-order valence-electron chi connectivity index (χ3n) is 3.75. The molecule has 0 atom stereocenters. The van der Waals surface area contributed by atoms with Gasteiger partial charge in [-0.15, -0.1) is 10.2 Å². The second-order valence-electron chi connectivity index (χ2n) is 5.98. The van der Waals surface area contributed by atoms with Crippen molar-refractivity contribution in [3.63, 3.8) is 0 Å². The number of carbonyl (C=O) groups excluding carboxylic acids is 2. The molecule has 1 heterocycles. The maximum atomic E-state index is 12.2. The standard InChI is InChI=1S/C20H19ClN4O3S2/c1-2-28-16-9-3-13(4-10-16)11-22-17(26)12-29-20-25-24-19(30-20)18(27)23-15-7-5-14(21)6-8-15/h3-10H,2,11-12H2,1H3,(H,22,26)(H,23,27). The molecule has 0 saturated carbocycles. The zero-order valence-corrected chi connectivity index (χ0v) is 18.4. The number of hydrogen-bond acceptors (Lipinski definition) is 7. The molecule has 3 aromatic rings. The van der Waals surface area contributed by atoms with Gasteiger partial charge in [-0.3, -0.25) is 9.59 Å². The minimum atomic E-state index is -0.360. The van der Waals surface area contributed by atoms with Crippen molar-refractivity contribution in [2.24, 2.45) is 0 Å². The summed E-state index contributed by atoms with van der Waals surface area (Å²) in [4.78, 5) is 24.3. The van der Waals surface area contributed by atoms with Crippen molar-refractivity contribution in [1.29, 1.82) is 0 Å². The number of aromatic nitrogens is 2. The van der Waals surface area contributed by atoms with Crippen molar-refractivity contribution in [3.05, 3.63) is 64.1 Å². The summed E-state index contributed by atoms with van der Waals surface area (Å²) in [5.74, 6) is 0.498. The molecule has 10 heteroatoms. The first-order valence-corrected chi connectivity index (χ1v) is 11.2. The fourth-order valence-corrected chi connectivity index (χ4v) is 4.03. The quantitative estimate of drug-likeness (QED) is 0.462. The van der Waals surface area contributed by atoms with Crippen molar-refractivity contribution < 1.29 is 14.3 Å². The van der Waals surface area contributed by atoms with Gasteiger partial charge in [-0.25, -0.2) is 0 Å². The van der Waals surface area contributed by atoms with Crippen LogP contribution in [0.1, 0.15) is 22.3 Å². The molecule has 0 radical (unpaired) electrons. The monoisotopic (exact) mass is 462 g/mol. The Hall–Kier alpha value is -2.62. The van der Waals surface area contributed by atoms with E-state index in [1.165, 1.54) is 11.8 Å². The number of nitrogens with one attached hydrogen (secondary N) is 2. The zero-order valence-electron chi connectivity index (χ0n) is 16.1. The van der Waals surface area contributed by atoms with E-state index in [-0.39, 0.29) is 22.6 Å². The van der Waals surface area contributed by atoms with Crippen LogP contribution in [0.5, 0.6) is 5.75 Å². The van der Waals surface area contributed by atoms with Crippen LogP contribution in [0.2, 0.25) is 5.02 Å². The maximum absolute atomic E-state index is 12.2. The molecule has 0 aliphatic heterocycles. The first-order chi connectivity index (χ1) is 14.5. The summed E-state index contributed by atoms with van der Waals surface area (Å²) in [6.07, 6.45) is 0. The molecule has 0 saturated heterocycles. The van der Waals surface area contributed by atoms with Gasteiger partial charge in [0, 0.05) is 17.3 Å². The summed E-state index contributed by atoms with van der Waals surface area (Å²) >= 11 is 8.20. The SMILES string of the molecule is CCOc1ccc(CNC(=O)CSc2nnc(C(=O)Nc3ccc(Cl)cc3)s2)cc1. The van der Waals surface area contributed by atoms with Crippen LogP contribution in [0.4, 0.5) is 5.69 Å². The second-order valence-corrected chi connectivity index (χ2v) is 8.61. The van der Waals surface area contributed by atoms with E-state index in [9.17, 15) is 9.59 Å². The lowest BCUT2D eigenvalue weighted by atomic mass is 10.2. The van der Waals surface area contributed by atoms with E-state index in [0.29, 0.717) is 28.2 Å². The molecular weight excluding hydrogens is 444 g/mol. The number of hydrogen-bond donors (Lipinski definition) is 2. The molecule has 2 aromatic carbocycles. The highest BCUT2D eigenvalue weighted by Crippen LogP contribution is 2.23. The Bertz CT molecular complexity index is 994. The molecule has 1 aromatic heterocycles. The Morgan fingerprint density at radius 1 is 1.10 bits per heavy atom. The van der Waals surface area contributed by atoms with Crippen molar-refractivity contribution in [3.8, 4) is 5.75 Å². The lowest BCUT2D eigenvalue weighted by Crippen LogP contribution is -2.24. The van der Waals surface area contributed by atoms with Gasteiger partial charge in [0.1, 0.15) is 5.75 Å². The number of nitrogens with zero attached hydrogens (tertiary/aromatic N) is 2. The van der Waals surface area contributed by atoms with Gasteiger partial charge in [-0.05, 0) is 48.9 Å². The highest BCUT2D eigenvalue weighted by molar-refractivity contribution is 8.01. The summed E-state index contributed by atoms with van der Waals surface area (Å²) in [6.45, 7) is 2.97. The molecule has 0 spiro atoms. The molecule has 0 aliphatic rings. The number of halogens is 1. The van der Waals surface area contributed by atoms with E-state index in [1.807, 2.05) is 31.2 Å². The van der Waals surface area contributed by atoms with Crippen LogP contribution in [0.25, 0.3) is 0 Å². The van der Waals surface area contributed by atoms with Crippen LogP contribution >= 0.6 is 34.7 Å². The predicted molar refractivity (Wildman–Crippen MR) is 119 cm³/mol. The third-order valence-corrected chi connectivity index (χ3v) is 6.06. The Morgan fingerprint density at radius 2 is 1.83 bits per heavy atom. The molecule has 0 aliphatic carbocycles. The minimum absolute atomic E-state index is 0.128. The van der Waals surface area contributed by atoms with Gasteiger partial charge < -0.3 is 15.4 Å². The lowest BCUT2D eigenvalue weighted by Gasteiger charge is -2.06. The molecule has 0 bridgehead atoms. The Labute approximate surface area is 187 Å². The molecule has 3 rings (SSSR count). The third kappa shape index (κ3) is 6.72. The van der Waals surface area contributed by atoms with E-state index < -0.39 is 0 Å². The van der Waals surface area contributed by atoms with Gasteiger partial charge in [0.25, 0.3) is 5.91 Å². The van der Waals surface area contributed by atoms with Crippen molar-refractivity contribution in [2.45, 2.75) is 17.8 Å². The molecular formula is C20H19ClN4O3S2. The van der Waals surface area contributed by atoms with E-state index >= 15 is 0 Å². The smallest absolute Gasteiger partial charge is 0.286 e. The molecule has 7 nitrogen and oxygen atoms in total. The Balaban J connectivity index is 1.43. The first kappa shape index (κ1) is 22.1. The highest BCUT2D eigenvalue weighted by Gasteiger charge is 2.14. The molecule has 2 N–H and O–H groups in total. The number of thioether (sulfide) groups is 1. The average Bonchev–Trinajstić information content (AvgIpc) is 3.23. The normalized spacial score (nSPS) is 10.5. The highest BCUT2D eigenvalue weighted by atomic mass is 35.5. The number of benzene rings is 2.